The molecule has 4 rings (SSSR count). The third-order valence-corrected chi connectivity index (χ3v) is 5.95. The number of Topliss-reactive ketones (excluding diaryl/α,β-unsaturated/α-hetero) is 1. The zero-order valence-electron chi connectivity index (χ0n) is 15.1. The number of hydrogen-bond donors (Lipinski definition) is 3. The molecule has 144 valence electrons. The van der Waals surface area contributed by atoms with Crippen LogP contribution in [0.4, 0.5) is 0 Å². The number of phenolic OH excluding ortho intramolecular Hbond substituents is 2. The van der Waals surface area contributed by atoms with Crippen molar-refractivity contribution >= 4 is 30.0 Å². The minimum atomic E-state index is -0.564. The van der Waals surface area contributed by atoms with E-state index in [1.165, 1.54) is 13.2 Å². The number of carbonyl (C=O) groups excluding carboxylic acids is 3. The Morgan fingerprint density at radius 2 is 1.79 bits per heavy atom. The normalized spacial score (nSPS) is 17.6. The standard InChI is InChI=1S/C21H18O6S/c1-27-14-4-2-3-11-15(14)21(26)17-16(19(11)24)20(25)12-7-9(13(22)8-28)5-6-10(12)18(17)23/h2-4,9,23,25,28H,5-8H2,1H3. The average Bonchev–Trinajstić information content (AvgIpc) is 2.72. The summed E-state index contributed by atoms with van der Waals surface area (Å²) in [4.78, 5) is 38.3. The first-order valence-corrected chi connectivity index (χ1v) is 9.53. The van der Waals surface area contributed by atoms with Crippen molar-refractivity contribution in [2.45, 2.75) is 19.3 Å². The van der Waals surface area contributed by atoms with E-state index in [9.17, 15) is 24.6 Å². The Hall–Kier alpha value is -2.80. The molecule has 0 aliphatic heterocycles. The van der Waals surface area contributed by atoms with Crippen molar-refractivity contribution < 1.29 is 29.3 Å². The quantitative estimate of drug-likeness (QED) is 0.463. The molecule has 2 N–H and O–H groups in total. The summed E-state index contributed by atoms with van der Waals surface area (Å²) in [6.45, 7) is 0. The maximum absolute atomic E-state index is 13.1. The van der Waals surface area contributed by atoms with Crippen LogP contribution in [0.5, 0.6) is 17.2 Å². The Balaban J connectivity index is 1.95. The van der Waals surface area contributed by atoms with Gasteiger partial charge < -0.3 is 14.9 Å². The fourth-order valence-corrected chi connectivity index (χ4v) is 4.47. The Morgan fingerprint density at radius 3 is 2.46 bits per heavy atom. The van der Waals surface area contributed by atoms with Crippen LogP contribution in [0.3, 0.4) is 0 Å². The number of ketones is 3. The van der Waals surface area contributed by atoms with Crippen molar-refractivity contribution in [3.05, 3.63) is 51.6 Å². The lowest BCUT2D eigenvalue weighted by atomic mass is 9.75. The van der Waals surface area contributed by atoms with Gasteiger partial charge in [0.2, 0.25) is 5.78 Å². The van der Waals surface area contributed by atoms with Gasteiger partial charge in [0.25, 0.3) is 0 Å². The van der Waals surface area contributed by atoms with Crippen LogP contribution in [0.2, 0.25) is 0 Å². The van der Waals surface area contributed by atoms with Crippen LogP contribution >= 0.6 is 12.6 Å². The highest BCUT2D eigenvalue weighted by atomic mass is 32.1. The first-order valence-electron chi connectivity index (χ1n) is 8.90. The molecule has 0 fully saturated rings. The first kappa shape index (κ1) is 18.6. The van der Waals surface area contributed by atoms with E-state index in [-0.39, 0.29) is 63.4 Å². The summed E-state index contributed by atoms with van der Waals surface area (Å²) in [5.41, 5.74) is 0.564. The van der Waals surface area contributed by atoms with E-state index in [1.807, 2.05) is 0 Å². The minimum Gasteiger partial charge on any atom is -0.507 e. The Bertz CT molecular complexity index is 1060. The lowest BCUT2D eigenvalue weighted by molar-refractivity contribution is -0.120. The third-order valence-electron chi connectivity index (χ3n) is 5.64. The highest BCUT2D eigenvalue weighted by Gasteiger charge is 2.40. The molecular formula is C21H18O6S. The molecule has 2 aliphatic carbocycles. The van der Waals surface area contributed by atoms with Gasteiger partial charge in [-0.1, -0.05) is 12.1 Å². The van der Waals surface area contributed by atoms with Gasteiger partial charge in [-0.15, -0.1) is 0 Å². The zero-order valence-corrected chi connectivity index (χ0v) is 16.0. The van der Waals surface area contributed by atoms with Crippen molar-refractivity contribution in [3.8, 4) is 17.2 Å². The van der Waals surface area contributed by atoms with Crippen LogP contribution in [0.1, 0.15) is 49.4 Å². The summed E-state index contributed by atoms with van der Waals surface area (Å²) in [7, 11) is 1.39. The predicted octanol–water partition coefficient (Wildman–Crippen LogP) is 2.49. The van der Waals surface area contributed by atoms with Gasteiger partial charge in [0.15, 0.2) is 5.78 Å². The third kappa shape index (κ3) is 2.46. The van der Waals surface area contributed by atoms with Crippen molar-refractivity contribution in [2.24, 2.45) is 5.92 Å². The van der Waals surface area contributed by atoms with E-state index >= 15 is 0 Å². The summed E-state index contributed by atoms with van der Waals surface area (Å²) in [5.74, 6) is -1.81. The molecule has 6 nitrogen and oxygen atoms in total. The number of rotatable bonds is 3. The summed E-state index contributed by atoms with van der Waals surface area (Å²) < 4.78 is 5.22. The van der Waals surface area contributed by atoms with Gasteiger partial charge in [0, 0.05) is 28.4 Å². The average molecular weight is 398 g/mol. The monoisotopic (exact) mass is 398 g/mol. The van der Waals surface area contributed by atoms with Crippen LogP contribution in [-0.2, 0) is 17.6 Å². The van der Waals surface area contributed by atoms with Gasteiger partial charge in [0.1, 0.15) is 23.0 Å². The number of aromatic hydroxyl groups is 2. The number of carbonyl (C=O) groups is 3. The topological polar surface area (TPSA) is 101 Å². The molecule has 0 heterocycles. The van der Waals surface area contributed by atoms with Crippen molar-refractivity contribution in [3.63, 3.8) is 0 Å². The molecule has 0 bridgehead atoms. The largest absolute Gasteiger partial charge is 0.507 e. The van der Waals surface area contributed by atoms with E-state index in [4.69, 9.17) is 4.74 Å². The molecule has 0 spiro atoms. The minimum absolute atomic E-state index is 0.0527. The number of fused-ring (bicyclic) bond motifs is 3. The van der Waals surface area contributed by atoms with Crippen molar-refractivity contribution in [1.82, 2.24) is 0 Å². The molecular weight excluding hydrogens is 380 g/mol. The summed E-state index contributed by atoms with van der Waals surface area (Å²) in [6, 6.07) is 4.65. The molecule has 0 saturated carbocycles. The fraction of sp³-hybridized carbons (Fsp3) is 0.286. The van der Waals surface area contributed by atoms with E-state index in [2.05, 4.69) is 12.6 Å². The first-order chi connectivity index (χ1) is 13.4. The molecule has 1 atom stereocenters. The number of benzene rings is 2. The van der Waals surface area contributed by atoms with Crippen LogP contribution in [-0.4, -0.2) is 40.4 Å². The van der Waals surface area contributed by atoms with Gasteiger partial charge in [0.05, 0.1) is 23.8 Å². The lowest BCUT2D eigenvalue weighted by Gasteiger charge is -2.29. The van der Waals surface area contributed by atoms with Gasteiger partial charge in [-0.05, 0) is 25.3 Å². The van der Waals surface area contributed by atoms with Crippen LogP contribution in [0, 0.1) is 5.92 Å². The maximum Gasteiger partial charge on any atom is 0.202 e. The van der Waals surface area contributed by atoms with E-state index < -0.39 is 11.6 Å². The summed E-state index contributed by atoms with van der Waals surface area (Å²) in [6.07, 6.45) is 1.01. The van der Waals surface area contributed by atoms with E-state index in [0.717, 1.165) is 0 Å². The number of hydrogen-bond acceptors (Lipinski definition) is 7. The van der Waals surface area contributed by atoms with Crippen molar-refractivity contribution in [2.75, 3.05) is 12.9 Å². The van der Waals surface area contributed by atoms with Crippen LogP contribution in [0.25, 0.3) is 0 Å². The highest BCUT2D eigenvalue weighted by Crippen LogP contribution is 2.47. The highest BCUT2D eigenvalue weighted by molar-refractivity contribution is 7.81. The number of ether oxygens (including phenoxy) is 1. The number of phenols is 2. The molecule has 0 radical (unpaired) electrons. The fourth-order valence-electron chi connectivity index (χ4n) is 4.21. The Morgan fingerprint density at radius 1 is 1.11 bits per heavy atom. The second-order valence-corrected chi connectivity index (χ2v) is 7.33. The molecule has 0 amide bonds. The van der Waals surface area contributed by atoms with Gasteiger partial charge >= 0.3 is 0 Å². The zero-order chi connectivity index (χ0) is 20.2. The maximum atomic E-state index is 13.1. The molecule has 2 aromatic rings. The Labute approximate surface area is 166 Å². The SMILES string of the molecule is COc1cccc2c1C(=O)c1c(O)c3c(c(O)c1C2=O)CC(C(=O)CS)CC3. The number of thiol groups is 1. The molecule has 2 aromatic carbocycles. The van der Waals surface area contributed by atoms with E-state index in [0.29, 0.717) is 24.0 Å². The summed E-state index contributed by atoms with van der Waals surface area (Å²) in [5, 5.41) is 21.7. The predicted molar refractivity (Wildman–Crippen MR) is 104 cm³/mol. The smallest absolute Gasteiger partial charge is 0.202 e. The molecule has 1 unspecified atom stereocenters. The molecule has 2 aliphatic rings. The molecule has 0 aromatic heterocycles. The van der Waals surface area contributed by atoms with Crippen LogP contribution < -0.4 is 4.74 Å². The van der Waals surface area contributed by atoms with E-state index in [1.54, 1.807) is 12.1 Å². The van der Waals surface area contributed by atoms with Gasteiger partial charge in [-0.2, -0.15) is 12.6 Å². The Kier molecular flexibility index (Phi) is 4.42. The second kappa shape index (κ2) is 6.67. The second-order valence-electron chi connectivity index (χ2n) is 7.01. The van der Waals surface area contributed by atoms with Gasteiger partial charge in [-0.25, -0.2) is 0 Å². The molecule has 7 heteroatoms. The lowest BCUT2D eigenvalue weighted by Crippen LogP contribution is -2.27. The van der Waals surface area contributed by atoms with Gasteiger partial charge in [-0.3, -0.25) is 14.4 Å². The summed E-state index contributed by atoms with van der Waals surface area (Å²) >= 11 is 4.03. The number of methoxy groups -OCH3 is 1. The van der Waals surface area contributed by atoms with Crippen LogP contribution in [0.15, 0.2) is 18.2 Å². The van der Waals surface area contributed by atoms with Crippen molar-refractivity contribution in [1.29, 1.82) is 0 Å². The molecule has 28 heavy (non-hydrogen) atoms. The molecule has 0 saturated heterocycles.